The van der Waals surface area contributed by atoms with E-state index in [0.29, 0.717) is 24.9 Å². The third-order valence-corrected chi connectivity index (χ3v) is 4.44. The van der Waals surface area contributed by atoms with Gasteiger partial charge in [-0.15, -0.1) is 0 Å². The molecule has 0 fully saturated rings. The topological polar surface area (TPSA) is 213 Å². The van der Waals surface area contributed by atoms with Gasteiger partial charge in [-0.1, -0.05) is 0 Å². The molecule has 0 saturated carbocycles. The van der Waals surface area contributed by atoms with Crippen molar-refractivity contribution < 1.29 is 44.1 Å². The van der Waals surface area contributed by atoms with Crippen LogP contribution in [0.4, 0.5) is 4.79 Å². The second kappa shape index (κ2) is 15.6. The van der Waals surface area contributed by atoms with Crippen molar-refractivity contribution in [1.29, 1.82) is 0 Å². The molecule has 3 amide bonds. The number of ketones is 1. The van der Waals surface area contributed by atoms with Crippen LogP contribution in [0.25, 0.3) is 0 Å². The number of hydrogen-bond donors (Lipinski definition) is 6. The Labute approximate surface area is 196 Å². The van der Waals surface area contributed by atoms with Gasteiger partial charge in [-0.3, -0.25) is 14.4 Å². The van der Waals surface area contributed by atoms with Crippen LogP contribution >= 0.6 is 22.6 Å². The van der Waals surface area contributed by atoms with Crippen LogP contribution in [0.2, 0.25) is 0 Å². The number of carboxylic acid groups (broad SMARTS) is 3. The van der Waals surface area contributed by atoms with Crippen molar-refractivity contribution in [1.82, 2.24) is 10.6 Å². The van der Waals surface area contributed by atoms with Crippen molar-refractivity contribution in [2.24, 2.45) is 5.73 Å². The molecule has 1 aromatic rings. The van der Waals surface area contributed by atoms with Crippen molar-refractivity contribution in [2.45, 2.75) is 38.1 Å². The smallest absolute Gasteiger partial charge is 0.372 e. The first-order valence-corrected chi connectivity index (χ1v) is 10.3. The van der Waals surface area contributed by atoms with E-state index in [1.165, 1.54) is 0 Å². The molecule has 0 bridgehead atoms. The van der Waals surface area contributed by atoms with Gasteiger partial charge in [0.2, 0.25) is 5.78 Å². The lowest BCUT2D eigenvalue weighted by Gasteiger charge is -2.10. The first-order chi connectivity index (χ1) is 14.9. The Balaban J connectivity index is 0.000000649. The van der Waals surface area contributed by atoms with E-state index < -0.39 is 35.8 Å². The Morgan fingerprint density at radius 1 is 0.938 bits per heavy atom. The van der Waals surface area contributed by atoms with Crippen molar-refractivity contribution in [2.75, 3.05) is 6.54 Å². The molecule has 12 nitrogen and oxygen atoms in total. The molecular weight excluding hydrogens is 541 g/mol. The molecule has 7 N–H and O–H groups in total. The molecule has 32 heavy (non-hydrogen) atoms. The first-order valence-electron chi connectivity index (χ1n) is 9.24. The minimum absolute atomic E-state index is 0.00867. The Morgan fingerprint density at radius 3 is 2.00 bits per heavy atom. The third-order valence-electron chi connectivity index (χ3n) is 3.72. The van der Waals surface area contributed by atoms with Gasteiger partial charge in [0.05, 0.1) is 0 Å². The molecule has 0 aromatic heterocycles. The number of carbonyl (C=O) groups is 6. The summed E-state index contributed by atoms with van der Waals surface area (Å²) in [4.78, 5) is 63.5. The van der Waals surface area contributed by atoms with E-state index in [1.54, 1.807) is 12.1 Å². The van der Waals surface area contributed by atoms with E-state index in [0.717, 1.165) is 3.57 Å². The molecule has 13 heteroatoms. The Hall–Kier alpha value is -3.23. The minimum atomic E-state index is -1.40. The van der Waals surface area contributed by atoms with Gasteiger partial charge in [0.1, 0.15) is 6.04 Å². The minimum Gasteiger partial charge on any atom is -0.481 e. The number of aliphatic carboxylic acids is 3. The van der Waals surface area contributed by atoms with Gasteiger partial charge in [-0.2, -0.15) is 0 Å². The third kappa shape index (κ3) is 13.9. The maximum atomic E-state index is 11.7. The highest BCUT2D eigenvalue weighted by atomic mass is 127. The predicted octanol–water partition coefficient (Wildman–Crippen LogP) is 0.818. The normalized spacial score (nSPS) is 10.7. The molecule has 0 radical (unpaired) electrons. The summed E-state index contributed by atoms with van der Waals surface area (Å²) in [7, 11) is 0. The zero-order chi connectivity index (χ0) is 24.7. The van der Waals surface area contributed by atoms with Gasteiger partial charge >= 0.3 is 23.9 Å². The van der Waals surface area contributed by atoms with Crippen LogP contribution in [0.5, 0.6) is 0 Å². The molecule has 0 heterocycles. The summed E-state index contributed by atoms with van der Waals surface area (Å²) in [6.07, 6.45) is 0.521. The van der Waals surface area contributed by atoms with Crippen LogP contribution in [0.3, 0.4) is 0 Å². The second-order valence-electron chi connectivity index (χ2n) is 6.28. The van der Waals surface area contributed by atoms with E-state index in [-0.39, 0.29) is 25.2 Å². The lowest BCUT2D eigenvalue weighted by Crippen LogP contribution is -2.43. The van der Waals surface area contributed by atoms with Crippen molar-refractivity contribution >= 4 is 58.2 Å². The number of primary amides is 1. The summed E-state index contributed by atoms with van der Waals surface area (Å²) in [5.74, 6) is -4.79. The molecule has 1 aromatic carbocycles. The van der Waals surface area contributed by atoms with Gasteiger partial charge in [0, 0.05) is 28.5 Å². The summed E-state index contributed by atoms with van der Waals surface area (Å²) >= 11 is 2.16. The summed E-state index contributed by atoms with van der Waals surface area (Å²) in [6, 6.07) is 4.95. The van der Waals surface area contributed by atoms with Crippen LogP contribution in [0.1, 0.15) is 42.5 Å². The predicted molar refractivity (Wildman–Crippen MR) is 119 cm³/mol. The lowest BCUT2D eigenvalue weighted by atomic mass is 10.1. The maximum Gasteiger partial charge on any atom is 0.372 e. The highest BCUT2D eigenvalue weighted by Gasteiger charge is 2.19. The molecule has 0 unspecified atom stereocenters. The SMILES string of the molecule is NC(=O)N[C@@H](CCC(=O)O)C(=O)O.O=C(O)C(=O)CCCCNC(=O)c1ccc(I)cc1. The Morgan fingerprint density at radius 2 is 1.53 bits per heavy atom. The highest BCUT2D eigenvalue weighted by molar-refractivity contribution is 14.1. The number of urea groups is 1. The Bertz CT molecular complexity index is 828. The number of nitrogens with two attached hydrogens (primary N) is 1. The number of carboxylic acids is 3. The van der Waals surface area contributed by atoms with Crippen molar-refractivity contribution in [3.05, 3.63) is 33.4 Å². The standard InChI is InChI=1S/C13H14INO4.C6H10N2O5/c14-10-6-4-9(5-7-10)12(17)15-8-2-1-3-11(16)13(18)19;7-6(13)8-3(5(11)12)1-2-4(9)10/h4-7H,1-3,8H2,(H,15,17)(H,18,19);3H,1-2H2,(H,9,10)(H,11,12)(H3,7,8,13)/t;3-/m.0/s1. The number of carbonyl (C=O) groups excluding carboxylic acids is 3. The van der Waals surface area contributed by atoms with Gasteiger partial charge in [-0.25, -0.2) is 14.4 Å². The van der Waals surface area contributed by atoms with Gasteiger partial charge < -0.3 is 31.7 Å². The summed E-state index contributed by atoms with van der Waals surface area (Å²) < 4.78 is 1.06. The summed E-state index contributed by atoms with van der Waals surface area (Å²) in [5.41, 5.74) is 5.26. The number of rotatable bonds is 12. The molecule has 1 rings (SSSR count). The van der Waals surface area contributed by atoms with Gasteiger partial charge in [0.15, 0.2) is 0 Å². The lowest BCUT2D eigenvalue weighted by molar-refractivity contribution is -0.149. The average molecular weight is 565 g/mol. The quantitative estimate of drug-likeness (QED) is 0.120. The van der Waals surface area contributed by atoms with Crippen LogP contribution in [0, 0.1) is 3.57 Å². The van der Waals surface area contributed by atoms with E-state index in [1.807, 2.05) is 17.4 Å². The summed E-state index contributed by atoms with van der Waals surface area (Å²) in [5, 5.41) is 29.7. The number of benzene rings is 1. The summed E-state index contributed by atoms with van der Waals surface area (Å²) in [6.45, 7) is 0.428. The molecule has 1 atom stereocenters. The molecule has 0 aliphatic rings. The fourth-order valence-electron chi connectivity index (χ4n) is 2.12. The van der Waals surface area contributed by atoms with E-state index in [4.69, 9.17) is 15.3 Å². The fraction of sp³-hybridized carbons (Fsp3) is 0.368. The average Bonchev–Trinajstić information content (AvgIpc) is 2.70. The first kappa shape index (κ1) is 28.8. The number of unbranched alkanes of at least 4 members (excludes halogenated alkanes) is 1. The maximum absolute atomic E-state index is 11.7. The number of halogens is 1. The fourth-order valence-corrected chi connectivity index (χ4v) is 2.48. The van der Waals surface area contributed by atoms with E-state index >= 15 is 0 Å². The highest BCUT2D eigenvalue weighted by Crippen LogP contribution is 2.06. The van der Waals surface area contributed by atoms with E-state index in [9.17, 15) is 28.8 Å². The second-order valence-corrected chi connectivity index (χ2v) is 7.53. The molecule has 0 spiro atoms. The van der Waals surface area contributed by atoms with Gasteiger partial charge in [0.25, 0.3) is 5.91 Å². The Kier molecular flexibility index (Phi) is 14.0. The van der Waals surface area contributed by atoms with E-state index in [2.05, 4.69) is 33.6 Å². The van der Waals surface area contributed by atoms with Crippen LogP contribution in [0.15, 0.2) is 24.3 Å². The van der Waals surface area contributed by atoms with Crippen LogP contribution in [-0.4, -0.2) is 63.5 Å². The van der Waals surface area contributed by atoms with Crippen molar-refractivity contribution in [3.63, 3.8) is 0 Å². The number of amides is 3. The van der Waals surface area contributed by atoms with Crippen LogP contribution < -0.4 is 16.4 Å². The van der Waals surface area contributed by atoms with Gasteiger partial charge in [-0.05, 0) is 66.1 Å². The molecular formula is C19H24IN3O9. The monoisotopic (exact) mass is 565 g/mol. The van der Waals surface area contributed by atoms with Crippen LogP contribution in [-0.2, 0) is 19.2 Å². The number of nitrogens with one attached hydrogen (secondary N) is 2. The van der Waals surface area contributed by atoms with Crippen molar-refractivity contribution in [3.8, 4) is 0 Å². The largest absolute Gasteiger partial charge is 0.481 e. The molecule has 176 valence electrons. The number of hydrogen-bond acceptors (Lipinski definition) is 6. The molecule has 0 aliphatic heterocycles. The zero-order valence-electron chi connectivity index (χ0n) is 16.9. The zero-order valence-corrected chi connectivity index (χ0v) is 19.0. The molecule has 0 aliphatic carbocycles. The molecule has 0 saturated heterocycles. The number of Topliss-reactive ketones (excluding diaryl/α,β-unsaturated/α-hetero) is 1.